The van der Waals surface area contributed by atoms with Crippen molar-refractivity contribution in [3.05, 3.63) is 131 Å². The number of hydrogen-bond donors (Lipinski definition) is 0. The van der Waals surface area contributed by atoms with Crippen LogP contribution in [-0.4, -0.2) is 0 Å². The molecule has 0 aromatic heterocycles. The zero-order valence-electron chi connectivity index (χ0n) is 16.7. The molecule has 4 aromatic carbocycles. The Labute approximate surface area is 182 Å². The highest BCUT2D eigenvalue weighted by Crippen LogP contribution is 2.57. The molecule has 0 atom stereocenters. The summed E-state index contributed by atoms with van der Waals surface area (Å²) in [7, 11) is 0. The maximum Gasteiger partial charge on any atom is 0.120 e. The normalized spacial score (nSPS) is 11.4. The van der Waals surface area contributed by atoms with Gasteiger partial charge < -0.3 is 0 Å². The van der Waals surface area contributed by atoms with E-state index >= 15 is 0 Å². The van der Waals surface area contributed by atoms with Crippen molar-refractivity contribution < 1.29 is 0 Å². The van der Waals surface area contributed by atoms with Crippen LogP contribution in [0.5, 0.6) is 0 Å². The van der Waals surface area contributed by atoms with Crippen molar-refractivity contribution in [2.45, 2.75) is 27.7 Å². The highest BCUT2D eigenvalue weighted by molar-refractivity contribution is 8.17. The number of rotatable bonds is 6. The molecule has 0 bridgehead atoms. The minimum atomic E-state index is -0.288. The average molecular weight is 413 g/mol. The lowest BCUT2D eigenvalue weighted by atomic mass is 10.0. The molecule has 0 amide bonds. The number of benzene rings is 4. The molecule has 0 saturated carbocycles. The van der Waals surface area contributed by atoms with Crippen molar-refractivity contribution >= 4 is 23.5 Å². The van der Waals surface area contributed by atoms with Crippen LogP contribution in [-0.2, 0) is 4.08 Å². The highest BCUT2D eigenvalue weighted by atomic mass is 32.2. The van der Waals surface area contributed by atoms with Gasteiger partial charge in [-0.3, -0.25) is 0 Å². The molecule has 29 heavy (non-hydrogen) atoms. The van der Waals surface area contributed by atoms with Gasteiger partial charge in [0, 0.05) is 9.79 Å². The fourth-order valence-corrected chi connectivity index (χ4v) is 6.29. The maximum atomic E-state index is 2.28. The monoisotopic (exact) mass is 412 g/mol. The molecule has 4 aromatic rings. The van der Waals surface area contributed by atoms with E-state index < -0.39 is 0 Å². The zero-order chi connectivity index (χ0) is 20.1. The van der Waals surface area contributed by atoms with Crippen molar-refractivity contribution in [3.63, 3.8) is 0 Å². The van der Waals surface area contributed by atoms with Crippen LogP contribution in [0.25, 0.3) is 0 Å². The van der Waals surface area contributed by atoms with Crippen molar-refractivity contribution in [2.75, 3.05) is 0 Å². The van der Waals surface area contributed by atoms with E-state index in [1.54, 1.807) is 0 Å². The lowest BCUT2D eigenvalue weighted by Gasteiger charge is -2.34. The summed E-state index contributed by atoms with van der Waals surface area (Å²) in [4.78, 5) is 2.52. The van der Waals surface area contributed by atoms with Crippen molar-refractivity contribution in [1.82, 2.24) is 0 Å². The first-order valence-corrected chi connectivity index (χ1v) is 11.4. The zero-order valence-corrected chi connectivity index (χ0v) is 18.3. The van der Waals surface area contributed by atoms with E-state index in [1.165, 1.54) is 32.0 Å². The van der Waals surface area contributed by atoms with E-state index in [2.05, 4.69) is 123 Å². The van der Waals surface area contributed by atoms with Crippen molar-refractivity contribution in [3.8, 4) is 0 Å². The first kappa shape index (κ1) is 19.9. The average Bonchev–Trinajstić information content (AvgIpc) is 2.76. The molecule has 0 aliphatic heterocycles. The van der Waals surface area contributed by atoms with Crippen molar-refractivity contribution in [2.24, 2.45) is 0 Å². The Kier molecular flexibility index (Phi) is 6.13. The van der Waals surface area contributed by atoms with Gasteiger partial charge >= 0.3 is 0 Å². The maximum absolute atomic E-state index is 2.28. The summed E-state index contributed by atoms with van der Waals surface area (Å²) in [5.41, 5.74) is 5.16. The van der Waals surface area contributed by atoms with Crippen LogP contribution in [0, 0.1) is 13.8 Å². The smallest absolute Gasteiger partial charge is 0.0982 e. The van der Waals surface area contributed by atoms with Gasteiger partial charge in [-0.2, -0.15) is 0 Å². The van der Waals surface area contributed by atoms with E-state index in [9.17, 15) is 0 Å². The van der Waals surface area contributed by atoms with Gasteiger partial charge in [0.2, 0.25) is 0 Å². The van der Waals surface area contributed by atoms with Crippen LogP contribution in [0.4, 0.5) is 0 Å². The summed E-state index contributed by atoms with van der Waals surface area (Å²) < 4.78 is -0.288. The third-order valence-corrected chi connectivity index (χ3v) is 7.91. The van der Waals surface area contributed by atoms with Gasteiger partial charge in [0.05, 0.1) is 0 Å². The number of aryl methyl sites for hydroxylation is 2. The number of thioether (sulfide) groups is 2. The van der Waals surface area contributed by atoms with Crippen LogP contribution >= 0.6 is 23.5 Å². The molecule has 0 spiro atoms. The molecule has 0 radical (unpaired) electrons. The van der Waals surface area contributed by atoms with Crippen molar-refractivity contribution in [1.29, 1.82) is 0 Å². The predicted molar refractivity (Wildman–Crippen MR) is 128 cm³/mol. The summed E-state index contributed by atoms with van der Waals surface area (Å²) in [6.07, 6.45) is 0. The molecule has 0 N–H and O–H groups in total. The Hall–Kier alpha value is -2.42. The molecule has 0 fully saturated rings. The van der Waals surface area contributed by atoms with Crippen LogP contribution in [0.15, 0.2) is 119 Å². The van der Waals surface area contributed by atoms with E-state index in [0.717, 1.165) is 0 Å². The highest BCUT2D eigenvalue weighted by Gasteiger charge is 2.37. The van der Waals surface area contributed by atoms with Gasteiger partial charge in [-0.05, 0) is 49.2 Å². The van der Waals surface area contributed by atoms with Gasteiger partial charge in [0.25, 0.3) is 0 Å². The first-order chi connectivity index (χ1) is 14.2. The summed E-state index contributed by atoms with van der Waals surface area (Å²) in [6, 6.07) is 39.4. The molecule has 0 heterocycles. The fraction of sp³-hybridized carbons (Fsp3) is 0.111. The lowest BCUT2D eigenvalue weighted by molar-refractivity contribution is 1.06. The lowest BCUT2D eigenvalue weighted by Crippen LogP contribution is -2.19. The van der Waals surface area contributed by atoms with E-state index in [-0.39, 0.29) is 4.08 Å². The quantitative estimate of drug-likeness (QED) is 0.232. The Morgan fingerprint density at radius 2 is 0.793 bits per heavy atom. The van der Waals surface area contributed by atoms with Crippen LogP contribution in [0.2, 0.25) is 0 Å². The largest absolute Gasteiger partial charge is 0.120 e. The van der Waals surface area contributed by atoms with Gasteiger partial charge in [-0.1, -0.05) is 120 Å². The van der Waals surface area contributed by atoms with E-state index in [4.69, 9.17) is 0 Å². The summed E-state index contributed by atoms with van der Waals surface area (Å²) in [5.74, 6) is 0. The third-order valence-electron chi connectivity index (χ3n) is 4.87. The second-order valence-corrected chi connectivity index (χ2v) is 10.0. The topological polar surface area (TPSA) is 0 Å². The summed E-state index contributed by atoms with van der Waals surface area (Å²) in [6.45, 7) is 4.29. The standard InChI is InChI=1S/C27H24S2/c1-21-13-17-23(18-14-21)27(24-19-15-22(2)16-20-24,28-25-9-5-3-6-10-25)29-26-11-7-4-8-12-26/h3-20H,1-2H3. The molecular formula is C27H24S2. The van der Waals surface area contributed by atoms with Crippen LogP contribution in [0.1, 0.15) is 22.3 Å². The third kappa shape index (κ3) is 4.60. The molecular weight excluding hydrogens is 388 g/mol. The summed E-state index contributed by atoms with van der Waals surface area (Å²) in [5, 5.41) is 0. The fourth-order valence-electron chi connectivity index (χ4n) is 3.28. The second kappa shape index (κ2) is 8.94. The minimum absolute atomic E-state index is 0.288. The van der Waals surface area contributed by atoms with Gasteiger partial charge in [0.1, 0.15) is 4.08 Å². The Bertz CT molecular complexity index is 948. The van der Waals surface area contributed by atoms with Gasteiger partial charge in [-0.15, -0.1) is 0 Å². The molecule has 0 aliphatic carbocycles. The Morgan fingerprint density at radius 1 is 0.448 bits per heavy atom. The first-order valence-electron chi connectivity index (χ1n) is 9.78. The molecule has 144 valence electrons. The molecule has 0 saturated heterocycles. The second-order valence-electron chi connectivity index (χ2n) is 7.18. The summed E-state index contributed by atoms with van der Waals surface area (Å²) >= 11 is 3.82. The number of hydrogen-bond acceptors (Lipinski definition) is 2. The van der Waals surface area contributed by atoms with E-state index in [0.29, 0.717) is 0 Å². The molecule has 2 heteroatoms. The predicted octanol–water partition coefficient (Wildman–Crippen LogP) is 8.09. The molecule has 0 unspecified atom stereocenters. The Morgan fingerprint density at radius 3 is 1.14 bits per heavy atom. The minimum Gasteiger partial charge on any atom is -0.0982 e. The molecule has 0 nitrogen and oxygen atoms in total. The SMILES string of the molecule is Cc1ccc(C(Sc2ccccc2)(Sc2ccccc2)c2ccc(C)cc2)cc1. The Balaban J connectivity index is 1.92. The van der Waals surface area contributed by atoms with Gasteiger partial charge in [0.15, 0.2) is 0 Å². The molecule has 4 rings (SSSR count). The van der Waals surface area contributed by atoms with E-state index in [1.807, 2.05) is 23.5 Å². The molecule has 0 aliphatic rings. The van der Waals surface area contributed by atoms with Crippen LogP contribution < -0.4 is 0 Å². The van der Waals surface area contributed by atoms with Crippen LogP contribution in [0.3, 0.4) is 0 Å². The van der Waals surface area contributed by atoms with Gasteiger partial charge in [-0.25, -0.2) is 0 Å².